The normalized spacial score (nSPS) is 14.1. The maximum Gasteiger partial charge on any atom is 0.254 e. The van der Waals surface area contributed by atoms with Gasteiger partial charge >= 0.3 is 0 Å². The van der Waals surface area contributed by atoms with Gasteiger partial charge in [0.25, 0.3) is 5.91 Å². The van der Waals surface area contributed by atoms with Gasteiger partial charge in [-0.3, -0.25) is 4.79 Å². The Labute approximate surface area is 233 Å². The zero-order chi connectivity index (χ0) is 28.2. The molecule has 1 aromatic heterocycles. The third kappa shape index (κ3) is 5.38. The van der Waals surface area contributed by atoms with E-state index in [1.807, 2.05) is 47.1 Å². The van der Waals surface area contributed by atoms with Crippen molar-refractivity contribution in [1.82, 2.24) is 14.9 Å². The van der Waals surface area contributed by atoms with Crippen LogP contribution in [0.5, 0.6) is 23.0 Å². The van der Waals surface area contributed by atoms with E-state index in [1.165, 1.54) is 0 Å². The van der Waals surface area contributed by atoms with E-state index >= 15 is 0 Å². The number of aromatic nitrogens is 2. The zero-order valence-electron chi connectivity index (χ0n) is 23.1. The van der Waals surface area contributed by atoms with E-state index in [9.17, 15) is 4.79 Å². The Kier molecular flexibility index (Phi) is 7.77. The minimum atomic E-state index is -0.167. The maximum absolute atomic E-state index is 13.4. The fourth-order valence-corrected chi connectivity index (χ4v) is 4.78. The third-order valence-corrected chi connectivity index (χ3v) is 7.05. The van der Waals surface area contributed by atoms with Crippen LogP contribution in [0.25, 0.3) is 10.9 Å². The Morgan fingerprint density at radius 3 is 2.15 bits per heavy atom. The molecular weight excluding hydrogens is 510 g/mol. The highest BCUT2D eigenvalue weighted by molar-refractivity contribution is 5.95. The van der Waals surface area contributed by atoms with Crippen LogP contribution in [-0.2, 0) is 0 Å². The Morgan fingerprint density at radius 1 is 0.825 bits per heavy atom. The number of fused-ring (bicyclic) bond motifs is 1. The van der Waals surface area contributed by atoms with Gasteiger partial charge in [-0.1, -0.05) is 30.3 Å². The molecule has 1 saturated heterocycles. The third-order valence-electron chi connectivity index (χ3n) is 7.05. The lowest BCUT2D eigenvalue weighted by Gasteiger charge is -2.35. The summed E-state index contributed by atoms with van der Waals surface area (Å²) in [6.07, 6.45) is -0.167. The highest BCUT2D eigenvalue weighted by atomic mass is 16.5. The van der Waals surface area contributed by atoms with Gasteiger partial charge in [0.05, 0.1) is 26.8 Å². The number of carbonyl (C=O) groups excluding carboxylic acids is 1. The lowest BCUT2D eigenvalue weighted by atomic mass is 10.1. The first-order valence-corrected chi connectivity index (χ1v) is 13.0. The Balaban J connectivity index is 1.27. The van der Waals surface area contributed by atoms with Crippen LogP contribution in [-0.4, -0.2) is 68.3 Å². The number of hydrogen-bond donors (Lipinski definition) is 1. The lowest BCUT2D eigenvalue weighted by Crippen LogP contribution is -2.49. The van der Waals surface area contributed by atoms with Gasteiger partial charge in [-0.2, -0.15) is 4.98 Å². The topological polar surface area (TPSA) is 112 Å². The Morgan fingerprint density at radius 2 is 1.48 bits per heavy atom. The molecule has 1 unspecified atom stereocenters. The first-order chi connectivity index (χ1) is 19.4. The summed E-state index contributed by atoms with van der Waals surface area (Å²) in [5.41, 5.74) is 8.53. The second-order valence-corrected chi connectivity index (χ2v) is 9.45. The highest BCUT2D eigenvalue weighted by Crippen LogP contribution is 2.35. The Hall–Kier alpha value is -4.73. The van der Waals surface area contributed by atoms with Crippen molar-refractivity contribution < 1.29 is 23.7 Å². The second kappa shape index (κ2) is 11.6. The molecule has 1 aliphatic heterocycles. The van der Waals surface area contributed by atoms with Gasteiger partial charge in [0.1, 0.15) is 11.9 Å². The van der Waals surface area contributed by atoms with E-state index in [4.69, 9.17) is 29.7 Å². The number of nitrogens with zero attached hydrogens (tertiary/aromatic N) is 4. The number of anilines is 2. The lowest BCUT2D eigenvalue weighted by molar-refractivity contribution is 0.0745. The van der Waals surface area contributed by atoms with E-state index in [1.54, 1.807) is 51.7 Å². The second-order valence-electron chi connectivity index (χ2n) is 9.45. The average Bonchev–Trinajstić information content (AvgIpc) is 3.00. The number of hydrogen-bond acceptors (Lipinski definition) is 9. The summed E-state index contributed by atoms with van der Waals surface area (Å²) in [5, 5.41) is 0.690. The number of methoxy groups -OCH3 is 3. The molecule has 1 atom stereocenters. The number of amides is 1. The van der Waals surface area contributed by atoms with Crippen LogP contribution in [0.4, 0.5) is 11.8 Å². The van der Waals surface area contributed by atoms with E-state index in [-0.39, 0.29) is 12.0 Å². The SMILES string of the molecule is COc1cc2nc(N3CCN(C(=O)c4ccc(OC(C)c5ccccc5)c(OC)c4)CC3)nc(N)c2cc1OC. The van der Waals surface area contributed by atoms with Crippen molar-refractivity contribution in [3.05, 3.63) is 71.8 Å². The number of nitrogens with two attached hydrogens (primary N) is 1. The molecular formula is C30H33N5O5. The molecule has 1 amide bonds. The molecule has 3 aromatic carbocycles. The fourth-order valence-electron chi connectivity index (χ4n) is 4.78. The monoisotopic (exact) mass is 543 g/mol. The molecule has 0 bridgehead atoms. The van der Waals surface area contributed by atoms with E-state index < -0.39 is 0 Å². The van der Waals surface area contributed by atoms with Crippen LogP contribution >= 0.6 is 0 Å². The van der Waals surface area contributed by atoms with Gasteiger partial charge in [-0.15, -0.1) is 0 Å². The number of piperazine rings is 1. The number of benzene rings is 3. The molecule has 0 aliphatic carbocycles. The van der Waals surface area contributed by atoms with Crippen molar-refractivity contribution in [3.63, 3.8) is 0 Å². The van der Waals surface area contributed by atoms with E-state index in [0.717, 1.165) is 5.56 Å². The molecule has 0 radical (unpaired) electrons. The first kappa shape index (κ1) is 26.9. The summed E-state index contributed by atoms with van der Waals surface area (Å²) in [5.74, 6) is 3.02. The molecule has 2 heterocycles. The van der Waals surface area contributed by atoms with Gasteiger partial charge in [-0.05, 0) is 36.8 Å². The number of nitrogen functional groups attached to an aromatic ring is 1. The average molecular weight is 544 g/mol. The van der Waals surface area contributed by atoms with Crippen LogP contribution in [0.15, 0.2) is 60.7 Å². The molecule has 10 nitrogen and oxygen atoms in total. The van der Waals surface area contributed by atoms with E-state index in [2.05, 4.69) is 4.98 Å². The summed E-state index contributed by atoms with van der Waals surface area (Å²) in [4.78, 5) is 26.4. The van der Waals surface area contributed by atoms with Crippen LogP contribution in [0.3, 0.4) is 0 Å². The molecule has 208 valence electrons. The first-order valence-electron chi connectivity index (χ1n) is 13.0. The molecule has 4 aromatic rings. The molecule has 40 heavy (non-hydrogen) atoms. The van der Waals surface area contributed by atoms with Crippen molar-refractivity contribution in [2.24, 2.45) is 0 Å². The quantitative estimate of drug-likeness (QED) is 0.347. The van der Waals surface area contributed by atoms with Gasteiger partial charge in [-0.25, -0.2) is 4.98 Å². The van der Waals surface area contributed by atoms with Crippen LogP contribution in [0.2, 0.25) is 0 Å². The molecule has 2 N–H and O–H groups in total. The number of carbonyl (C=O) groups is 1. The molecule has 5 rings (SSSR count). The molecule has 1 fully saturated rings. The van der Waals surface area contributed by atoms with Crippen molar-refractivity contribution in [3.8, 4) is 23.0 Å². The maximum atomic E-state index is 13.4. The van der Waals surface area contributed by atoms with Crippen molar-refractivity contribution in [2.45, 2.75) is 13.0 Å². The van der Waals surface area contributed by atoms with Gasteiger partial charge < -0.3 is 34.5 Å². The predicted octanol–water partition coefficient (Wildman–Crippen LogP) is 4.34. The van der Waals surface area contributed by atoms with Crippen LogP contribution < -0.4 is 29.6 Å². The van der Waals surface area contributed by atoms with E-state index in [0.29, 0.717) is 77.4 Å². The minimum absolute atomic E-state index is 0.0728. The smallest absolute Gasteiger partial charge is 0.254 e. The number of ether oxygens (including phenoxy) is 4. The van der Waals surface area contributed by atoms with Gasteiger partial charge in [0.2, 0.25) is 5.95 Å². The van der Waals surface area contributed by atoms with Crippen molar-refractivity contribution >= 4 is 28.6 Å². The van der Waals surface area contributed by atoms with Crippen molar-refractivity contribution in [2.75, 3.05) is 58.1 Å². The molecule has 0 spiro atoms. The Bertz CT molecular complexity index is 1510. The van der Waals surface area contributed by atoms with Gasteiger partial charge in [0.15, 0.2) is 23.0 Å². The minimum Gasteiger partial charge on any atom is -0.493 e. The van der Waals surface area contributed by atoms with Crippen LogP contribution in [0.1, 0.15) is 28.9 Å². The summed E-state index contributed by atoms with van der Waals surface area (Å²) in [6, 6.07) is 18.8. The summed E-state index contributed by atoms with van der Waals surface area (Å²) < 4.78 is 22.5. The van der Waals surface area contributed by atoms with Crippen molar-refractivity contribution in [1.29, 1.82) is 0 Å². The number of rotatable bonds is 8. The molecule has 10 heteroatoms. The standard InChI is InChI=1S/C30H33N5O5/c1-19(20-8-6-5-7-9-20)40-24-11-10-21(16-25(24)37-2)29(36)34-12-14-35(15-13-34)30-32-23-18-27(39-4)26(38-3)17-22(23)28(31)33-30/h5-11,16-19H,12-15H2,1-4H3,(H2,31,32,33). The summed E-state index contributed by atoms with van der Waals surface area (Å²) in [6.45, 7) is 4.14. The molecule has 1 aliphatic rings. The van der Waals surface area contributed by atoms with Gasteiger partial charge in [0, 0.05) is 43.2 Å². The predicted molar refractivity (Wildman–Crippen MR) is 154 cm³/mol. The highest BCUT2D eigenvalue weighted by Gasteiger charge is 2.25. The largest absolute Gasteiger partial charge is 0.493 e. The summed E-state index contributed by atoms with van der Waals surface area (Å²) >= 11 is 0. The molecule has 0 saturated carbocycles. The zero-order valence-corrected chi connectivity index (χ0v) is 23.1. The van der Waals surface area contributed by atoms with Crippen LogP contribution in [0, 0.1) is 0 Å². The summed E-state index contributed by atoms with van der Waals surface area (Å²) in [7, 11) is 4.72. The fraction of sp³-hybridized carbons (Fsp3) is 0.300.